The van der Waals surface area contributed by atoms with Crippen LogP contribution in [0.1, 0.15) is 27.9 Å². The standard InChI is InChI=1S/C41H26N2/c42-27-35-25-32(23-24-43-35)29-17-15-28(16-18-29)31-19-21-37-39(26-31)41(33-10-3-1-4-11-33,34-12-5-2-6-13-34)38-22-20-30-9-7-8-14-36(30)40(37)38/h1-26H. The lowest BCUT2D eigenvalue weighted by atomic mass is 9.67. The number of hydrogen-bond donors (Lipinski definition) is 0. The Kier molecular flexibility index (Phi) is 5.77. The summed E-state index contributed by atoms with van der Waals surface area (Å²) in [6.07, 6.45) is 1.69. The zero-order chi connectivity index (χ0) is 28.8. The Morgan fingerprint density at radius 2 is 1.12 bits per heavy atom. The van der Waals surface area contributed by atoms with E-state index in [0.29, 0.717) is 5.69 Å². The third-order valence-corrected chi connectivity index (χ3v) is 8.87. The zero-order valence-electron chi connectivity index (χ0n) is 23.4. The Bertz CT molecular complexity index is 2130. The van der Waals surface area contributed by atoms with Crippen LogP contribution in [0.2, 0.25) is 0 Å². The highest BCUT2D eigenvalue weighted by atomic mass is 14.7. The van der Waals surface area contributed by atoms with E-state index in [1.54, 1.807) is 6.20 Å². The van der Waals surface area contributed by atoms with Crippen molar-refractivity contribution >= 4 is 10.8 Å². The van der Waals surface area contributed by atoms with Crippen LogP contribution in [-0.4, -0.2) is 4.98 Å². The molecule has 1 aliphatic rings. The molecule has 0 spiro atoms. The molecule has 2 heteroatoms. The van der Waals surface area contributed by atoms with Crippen LogP contribution >= 0.6 is 0 Å². The van der Waals surface area contributed by atoms with Gasteiger partial charge in [-0.25, -0.2) is 4.98 Å². The second-order valence-corrected chi connectivity index (χ2v) is 11.1. The SMILES string of the molecule is N#Cc1cc(-c2ccc(-c3ccc4c(c3)C(c3ccccc3)(c3ccccc3)c3ccc5ccccc5c3-4)cc2)ccn1. The number of hydrogen-bond acceptors (Lipinski definition) is 2. The molecule has 7 aromatic rings. The lowest BCUT2D eigenvalue weighted by Crippen LogP contribution is -2.28. The van der Waals surface area contributed by atoms with E-state index >= 15 is 0 Å². The second kappa shape index (κ2) is 9.94. The van der Waals surface area contributed by atoms with Crippen molar-refractivity contribution in [3.63, 3.8) is 0 Å². The van der Waals surface area contributed by atoms with Crippen LogP contribution in [0.15, 0.2) is 158 Å². The van der Waals surface area contributed by atoms with Gasteiger partial charge < -0.3 is 0 Å². The van der Waals surface area contributed by atoms with Gasteiger partial charge in [0, 0.05) is 6.20 Å². The molecule has 8 rings (SSSR count). The maximum absolute atomic E-state index is 9.30. The Morgan fingerprint density at radius 1 is 0.512 bits per heavy atom. The number of fused-ring (bicyclic) bond motifs is 5. The monoisotopic (exact) mass is 546 g/mol. The van der Waals surface area contributed by atoms with E-state index < -0.39 is 5.41 Å². The average Bonchev–Trinajstić information content (AvgIpc) is 3.40. The molecule has 200 valence electrons. The minimum absolute atomic E-state index is 0.422. The van der Waals surface area contributed by atoms with Crippen LogP contribution in [0.5, 0.6) is 0 Å². The maximum atomic E-state index is 9.30. The van der Waals surface area contributed by atoms with Gasteiger partial charge in [-0.1, -0.05) is 133 Å². The summed E-state index contributed by atoms with van der Waals surface area (Å²) in [7, 11) is 0. The van der Waals surface area contributed by atoms with Crippen LogP contribution in [0, 0.1) is 11.3 Å². The van der Waals surface area contributed by atoms with E-state index in [0.717, 1.165) is 16.7 Å². The van der Waals surface area contributed by atoms with Crippen molar-refractivity contribution in [3.8, 4) is 39.4 Å². The van der Waals surface area contributed by atoms with Crippen LogP contribution in [-0.2, 0) is 5.41 Å². The Labute approximate surface area is 251 Å². The van der Waals surface area contributed by atoms with Gasteiger partial charge in [0.1, 0.15) is 11.8 Å². The first-order valence-electron chi connectivity index (χ1n) is 14.5. The molecule has 0 amide bonds. The minimum Gasteiger partial charge on any atom is -0.246 e. The van der Waals surface area contributed by atoms with Crippen LogP contribution in [0.4, 0.5) is 0 Å². The molecular weight excluding hydrogens is 520 g/mol. The lowest BCUT2D eigenvalue weighted by Gasteiger charge is -2.34. The van der Waals surface area contributed by atoms with Gasteiger partial charge in [0.25, 0.3) is 0 Å². The molecule has 1 aromatic heterocycles. The molecule has 0 unspecified atom stereocenters. The first-order chi connectivity index (χ1) is 21.3. The number of benzene rings is 6. The summed E-state index contributed by atoms with van der Waals surface area (Å²) in [5.74, 6) is 0. The molecular formula is C41H26N2. The first kappa shape index (κ1) is 25.0. The smallest absolute Gasteiger partial charge is 0.141 e. The molecule has 0 saturated heterocycles. The number of nitriles is 1. The number of aromatic nitrogens is 1. The van der Waals surface area contributed by atoms with Crippen molar-refractivity contribution < 1.29 is 0 Å². The normalized spacial score (nSPS) is 12.8. The van der Waals surface area contributed by atoms with E-state index in [1.807, 2.05) is 12.1 Å². The number of rotatable bonds is 4. The molecule has 0 N–H and O–H groups in total. The van der Waals surface area contributed by atoms with Crippen LogP contribution in [0.3, 0.4) is 0 Å². The molecule has 0 aliphatic heterocycles. The summed E-state index contributed by atoms with van der Waals surface area (Å²) >= 11 is 0. The molecule has 1 heterocycles. The van der Waals surface area contributed by atoms with Crippen molar-refractivity contribution in [1.29, 1.82) is 5.26 Å². The van der Waals surface area contributed by atoms with E-state index in [4.69, 9.17) is 0 Å². The highest BCUT2D eigenvalue weighted by Crippen LogP contribution is 2.58. The van der Waals surface area contributed by atoms with E-state index in [9.17, 15) is 5.26 Å². The fourth-order valence-corrected chi connectivity index (χ4v) is 6.96. The molecule has 0 atom stereocenters. The molecule has 6 aromatic carbocycles. The number of pyridine rings is 1. The third-order valence-electron chi connectivity index (χ3n) is 8.87. The summed E-state index contributed by atoms with van der Waals surface area (Å²) < 4.78 is 0. The van der Waals surface area contributed by atoms with Gasteiger partial charge >= 0.3 is 0 Å². The number of nitrogens with zero attached hydrogens (tertiary/aromatic N) is 2. The fraction of sp³-hybridized carbons (Fsp3) is 0.0244. The van der Waals surface area contributed by atoms with Crippen molar-refractivity contribution in [3.05, 3.63) is 186 Å². The zero-order valence-corrected chi connectivity index (χ0v) is 23.4. The highest BCUT2D eigenvalue weighted by molar-refractivity contribution is 6.04. The summed E-state index contributed by atoms with van der Waals surface area (Å²) in [6, 6.07) is 56.7. The summed E-state index contributed by atoms with van der Waals surface area (Å²) in [6.45, 7) is 0. The van der Waals surface area contributed by atoms with Crippen molar-refractivity contribution in [2.45, 2.75) is 5.41 Å². The quantitative estimate of drug-likeness (QED) is 0.220. The second-order valence-electron chi connectivity index (χ2n) is 11.1. The summed E-state index contributed by atoms with van der Waals surface area (Å²) in [5, 5.41) is 11.8. The molecule has 0 fully saturated rings. The van der Waals surface area contributed by atoms with Crippen LogP contribution in [0.25, 0.3) is 44.2 Å². The van der Waals surface area contributed by atoms with Gasteiger partial charge in [-0.3, -0.25) is 0 Å². The van der Waals surface area contributed by atoms with Crippen molar-refractivity contribution in [1.82, 2.24) is 4.98 Å². The fourth-order valence-electron chi connectivity index (χ4n) is 6.96. The van der Waals surface area contributed by atoms with Gasteiger partial charge in [0.05, 0.1) is 5.41 Å². The van der Waals surface area contributed by atoms with E-state index in [-0.39, 0.29) is 0 Å². The Balaban J connectivity index is 1.38. The largest absolute Gasteiger partial charge is 0.246 e. The molecule has 0 bridgehead atoms. The summed E-state index contributed by atoms with van der Waals surface area (Å²) in [5.41, 5.74) is 12.1. The van der Waals surface area contributed by atoms with Crippen molar-refractivity contribution in [2.24, 2.45) is 0 Å². The highest BCUT2D eigenvalue weighted by Gasteiger charge is 2.46. The van der Waals surface area contributed by atoms with E-state index in [1.165, 1.54) is 49.7 Å². The topological polar surface area (TPSA) is 36.7 Å². The molecule has 0 saturated carbocycles. The van der Waals surface area contributed by atoms with Crippen molar-refractivity contribution in [2.75, 3.05) is 0 Å². The lowest BCUT2D eigenvalue weighted by molar-refractivity contribution is 0.769. The minimum atomic E-state index is -0.460. The van der Waals surface area contributed by atoms with Crippen LogP contribution < -0.4 is 0 Å². The summed E-state index contributed by atoms with van der Waals surface area (Å²) in [4.78, 5) is 4.12. The van der Waals surface area contributed by atoms with Gasteiger partial charge in [0.2, 0.25) is 0 Å². The van der Waals surface area contributed by atoms with Gasteiger partial charge in [-0.2, -0.15) is 5.26 Å². The predicted octanol–water partition coefficient (Wildman–Crippen LogP) is 9.80. The van der Waals surface area contributed by atoms with Gasteiger partial charge in [0.15, 0.2) is 0 Å². The van der Waals surface area contributed by atoms with Gasteiger partial charge in [-0.15, -0.1) is 0 Å². The third kappa shape index (κ3) is 3.83. The maximum Gasteiger partial charge on any atom is 0.141 e. The average molecular weight is 547 g/mol. The predicted molar refractivity (Wildman–Crippen MR) is 175 cm³/mol. The molecule has 0 radical (unpaired) electrons. The van der Waals surface area contributed by atoms with Gasteiger partial charge in [-0.05, 0) is 84.6 Å². The Hall–Kier alpha value is -5.78. The van der Waals surface area contributed by atoms with E-state index in [2.05, 4.69) is 151 Å². The molecule has 2 nitrogen and oxygen atoms in total. The molecule has 43 heavy (non-hydrogen) atoms. The first-order valence-corrected chi connectivity index (χ1v) is 14.5. The Morgan fingerprint density at radius 3 is 1.79 bits per heavy atom. The molecule has 1 aliphatic carbocycles.